The normalized spacial score (nSPS) is 16.5. The molecule has 1 unspecified atom stereocenters. The van der Waals surface area contributed by atoms with Crippen molar-refractivity contribution in [2.24, 2.45) is 0 Å². The minimum atomic E-state index is -3.57. The Morgan fingerprint density at radius 1 is 1.26 bits per heavy atom. The van der Waals surface area contributed by atoms with E-state index in [-0.39, 0.29) is 6.54 Å². The van der Waals surface area contributed by atoms with Crippen molar-refractivity contribution in [1.29, 1.82) is 0 Å². The Hall–Kier alpha value is -2.13. The van der Waals surface area contributed by atoms with E-state index in [1.165, 1.54) is 11.8 Å². The van der Waals surface area contributed by atoms with Gasteiger partial charge < -0.3 is 19.5 Å². The molecular weight excluding hydrogens is 374 g/mol. The number of benzene rings is 1. The summed E-state index contributed by atoms with van der Waals surface area (Å²) < 4.78 is 35.6. The number of aliphatic carboxylic acids is 1. The SMILES string of the molecule is CC(C(=O)N(C)Cc1ccc(OCC(=O)O)cc1)S(=O)(=O)C1CCOCC1. The van der Waals surface area contributed by atoms with Crippen molar-refractivity contribution in [1.82, 2.24) is 4.90 Å². The molecule has 150 valence electrons. The van der Waals surface area contributed by atoms with Gasteiger partial charge >= 0.3 is 5.97 Å². The molecule has 9 heteroatoms. The van der Waals surface area contributed by atoms with E-state index in [4.69, 9.17) is 14.6 Å². The van der Waals surface area contributed by atoms with E-state index in [9.17, 15) is 18.0 Å². The van der Waals surface area contributed by atoms with Gasteiger partial charge in [-0.15, -0.1) is 0 Å². The summed E-state index contributed by atoms with van der Waals surface area (Å²) in [6.07, 6.45) is 0.836. The predicted molar refractivity (Wildman–Crippen MR) is 98.3 cm³/mol. The van der Waals surface area contributed by atoms with Crippen LogP contribution in [0, 0.1) is 0 Å². The van der Waals surface area contributed by atoms with E-state index >= 15 is 0 Å². The van der Waals surface area contributed by atoms with Gasteiger partial charge in [-0.2, -0.15) is 0 Å². The van der Waals surface area contributed by atoms with E-state index in [2.05, 4.69) is 0 Å². The Bertz CT molecular complexity index is 754. The highest BCUT2D eigenvalue weighted by Gasteiger charge is 2.37. The lowest BCUT2D eigenvalue weighted by atomic mass is 10.2. The lowest BCUT2D eigenvalue weighted by Crippen LogP contribution is -2.44. The van der Waals surface area contributed by atoms with Crippen LogP contribution in [0.15, 0.2) is 24.3 Å². The van der Waals surface area contributed by atoms with Crippen LogP contribution in [-0.4, -0.2) is 67.7 Å². The molecule has 1 atom stereocenters. The fourth-order valence-electron chi connectivity index (χ4n) is 2.93. The van der Waals surface area contributed by atoms with E-state index < -0.39 is 38.8 Å². The molecule has 1 heterocycles. The first-order valence-electron chi connectivity index (χ1n) is 8.70. The molecule has 0 radical (unpaired) electrons. The molecule has 8 nitrogen and oxygen atoms in total. The molecule has 1 saturated heterocycles. The van der Waals surface area contributed by atoms with Crippen LogP contribution in [0.2, 0.25) is 0 Å². The zero-order valence-electron chi connectivity index (χ0n) is 15.5. The first-order chi connectivity index (χ1) is 12.7. The highest BCUT2D eigenvalue weighted by atomic mass is 32.2. The van der Waals surface area contributed by atoms with Gasteiger partial charge in [-0.05, 0) is 37.5 Å². The quantitative estimate of drug-likeness (QED) is 0.697. The molecule has 27 heavy (non-hydrogen) atoms. The second-order valence-electron chi connectivity index (χ2n) is 6.56. The topological polar surface area (TPSA) is 110 Å². The van der Waals surface area contributed by atoms with Crippen LogP contribution in [0.3, 0.4) is 0 Å². The summed E-state index contributed by atoms with van der Waals surface area (Å²) in [6.45, 7) is 2.05. The van der Waals surface area contributed by atoms with Crippen LogP contribution >= 0.6 is 0 Å². The van der Waals surface area contributed by atoms with Crippen molar-refractivity contribution in [3.05, 3.63) is 29.8 Å². The smallest absolute Gasteiger partial charge is 0.341 e. The number of amides is 1. The van der Waals surface area contributed by atoms with Gasteiger partial charge in [0.25, 0.3) is 0 Å². The maximum Gasteiger partial charge on any atom is 0.341 e. The zero-order valence-corrected chi connectivity index (χ0v) is 16.3. The lowest BCUT2D eigenvalue weighted by Gasteiger charge is -2.27. The molecule has 1 aromatic carbocycles. The number of sulfone groups is 1. The van der Waals surface area contributed by atoms with Gasteiger partial charge in [0.15, 0.2) is 16.4 Å². The first-order valence-corrected chi connectivity index (χ1v) is 10.3. The fraction of sp³-hybridized carbons (Fsp3) is 0.556. The van der Waals surface area contributed by atoms with Gasteiger partial charge in [-0.3, -0.25) is 4.79 Å². The number of nitrogens with zero attached hydrogens (tertiary/aromatic N) is 1. The molecule has 0 aromatic heterocycles. The number of hydrogen-bond acceptors (Lipinski definition) is 6. The highest BCUT2D eigenvalue weighted by molar-refractivity contribution is 7.93. The maximum absolute atomic E-state index is 12.7. The molecule has 0 saturated carbocycles. The van der Waals surface area contributed by atoms with Gasteiger partial charge in [0.2, 0.25) is 5.91 Å². The average Bonchev–Trinajstić information content (AvgIpc) is 2.66. The zero-order chi connectivity index (χ0) is 20.0. The van der Waals surface area contributed by atoms with E-state index in [1.807, 2.05) is 0 Å². The van der Waals surface area contributed by atoms with Crippen molar-refractivity contribution < 1.29 is 32.6 Å². The average molecular weight is 399 g/mol. The van der Waals surface area contributed by atoms with E-state index in [1.54, 1.807) is 31.3 Å². The number of ether oxygens (including phenoxy) is 2. The summed E-state index contributed by atoms with van der Waals surface area (Å²) in [7, 11) is -2.00. The van der Waals surface area contributed by atoms with Crippen molar-refractivity contribution >= 4 is 21.7 Å². The van der Waals surface area contributed by atoms with Crippen LogP contribution in [0.25, 0.3) is 0 Å². The third kappa shape index (κ3) is 5.67. The Balaban J connectivity index is 1.96. The molecule has 0 aliphatic carbocycles. The summed E-state index contributed by atoms with van der Waals surface area (Å²) >= 11 is 0. The summed E-state index contributed by atoms with van der Waals surface area (Å²) in [6, 6.07) is 6.63. The molecule has 1 amide bonds. The Morgan fingerprint density at radius 2 is 1.85 bits per heavy atom. The summed E-state index contributed by atoms with van der Waals surface area (Å²) in [5, 5.41) is 6.95. The minimum Gasteiger partial charge on any atom is -0.482 e. The molecule has 1 fully saturated rings. The third-order valence-corrected chi connectivity index (χ3v) is 7.14. The van der Waals surface area contributed by atoms with E-state index in [0.717, 1.165) is 5.56 Å². The highest BCUT2D eigenvalue weighted by Crippen LogP contribution is 2.22. The molecule has 0 spiro atoms. The summed E-state index contributed by atoms with van der Waals surface area (Å²) in [4.78, 5) is 24.5. The molecule has 1 N–H and O–H groups in total. The van der Waals surface area contributed by atoms with Crippen molar-refractivity contribution in [3.63, 3.8) is 0 Å². The van der Waals surface area contributed by atoms with E-state index in [0.29, 0.717) is 31.8 Å². The number of carboxylic acids is 1. The Labute approximate surface area is 159 Å². The van der Waals surface area contributed by atoms with Gasteiger partial charge in [0, 0.05) is 26.8 Å². The van der Waals surface area contributed by atoms with Crippen LogP contribution in [0.5, 0.6) is 5.75 Å². The largest absolute Gasteiger partial charge is 0.482 e. The van der Waals surface area contributed by atoms with Gasteiger partial charge in [0.1, 0.15) is 11.0 Å². The summed E-state index contributed by atoms with van der Waals surface area (Å²) in [5.74, 6) is -1.11. The number of hydrogen-bond donors (Lipinski definition) is 1. The molecule has 1 aliphatic heterocycles. The first kappa shape index (κ1) is 21.2. The molecular formula is C18H25NO7S. The lowest BCUT2D eigenvalue weighted by molar-refractivity contribution is -0.139. The fourth-order valence-corrected chi connectivity index (χ4v) is 4.82. The Morgan fingerprint density at radius 3 is 2.41 bits per heavy atom. The molecule has 0 bridgehead atoms. The van der Waals surface area contributed by atoms with Crippen LogP contribution < -0.4 is 4.74 Å². The summed E-state index contributed by atoms with van der Waals surface area (Å²) in [5.41, 5.74) is 0.782. The minimum absolute atomic E-state index is 0.242. The molecule has 2 rings (SSSR count). The van der Waals surface area contributed by atoms with Crippen LogP contribution in [0.1, 0.15) is 25.3 Å². The second-order valence-corrected chi connectivity index (χ2v) is 9.12. The Kier molecular flexibility index (Phi) is 7.20. The number of carbonyl (C=O) groups is 2. The number of rotatable bonds is 8. The van der Waals surface area contributed by atoms with Gasteiger partial charge in [-0.25, -0.2) is 13.2 Å². The molecule has 1 aromatic rings. The van der Waals surface area contributed by atoms with Crippen molar-refractivity contribution in [3.8, 4) is 5.75 Å². The van der Waals surface area contributed by atoms with Gasteiger partial charge in [0.05, 0.1) is 5.25 Å². The number of carbonyl (C=O) groups excluding carboxylic acids is 1. The monoisotopic (exact) mass is 399 g/mol. The maximum atomic E-state index is 12.7. The molecule has 1 aliphatic rings. The van der Waals surface area contributed by atoms with Crippen molar-refractivity contribution in [2.75, 3.05) is 26.9 Å². The van der Waals surface area contributed by atoms with Crippen LogP contribution in [-0.2, 0) is 30.7 Å². The van der Waals surface area contributed by atoms with Gasteiger partial charge in [-0.1, -0.05) is 12.1 Å². The third-order valence-electron chi connectivity index (χ3n) is 4.56. The standard InChI is InChI=1S/C18H25NO7S/c1-13(27(23,24)16-7-9-25-10-8-16)18(22)19(2)11-14-3-5-15(6-4-14)26-12-17(20)21/h3-6,13,16H,7-12H2,1-2H3,(H,20,21). The van der Waals surface area contributed by atoms with Crippen molar-refractivity contribution in [2.45, 2.75) is 36.8 Å². The number of carboxylic acid groups (broad SMARTS) is 1. The predicted octanol–water partition coefficient (Wildman–Crippen LogP) is 1.09. The second kappa shape index (κ2) is 9.18. The van der Waals surface area contributed by atoms with Crippen LogP contribution in [0.4, 0.5) is 0 Å².